The van der Waals surface area contributed by atoms with Crippen LogP contribution in [0.5, 0.6) is 0 Å². The Morgan fingerprint density at radius 2 is 1.72 bits per heavy atom. The normalized spacial score (nSPS) is 10.9. The van der Waals surface area contributed by atoms with Crippen molar-refractivity contribution < 1.29 is 4.79 Å². The van der Waals surface area contributed by atoms with Crippen LogP contribution in [0, 0.1) is 0 Å². The number of rotatable bonds is 8. The first-order valence-corrected chi connectivity index (χ1v) is 11.2. The molecule has 1 aromatic heterocycles. The molecule has 29 heavy (non-hydrogen) atoms. The number of aromatic nitrogens is 3. The van der Waals surface area contributed by atoms with Crippen LogP contribution in [0.15, 0.2) is 47.6 Å². The van der Waals surface area contributed by atoms with Crippen molar-refractivity contribution in [2.45, 2.75) is 45.3 Å². The Morgan fingerprint density at radius 3 is 2.34 bits per heavy atom. The van der Waals surface area contributed by atoms with Crippen molar-refractivity contribution in [3.05, 3.63) is 58.6 Å². The molecule has 152 valence electrons. The van der Waals surface area contributed by atoms with Gasteiger partial charge >= 0.3 is 0 Å². The number of hydrogen-bond donors (Lipinski definition) is 1. The number of nitrogens with one attached hydrogen (secondary N) is 1. The van der Waals surface area contributed by atoms with Gasteiger partial charge in [-0.1, -0.05) is 67.5 Å². The SMILES string of the molecule is CCc1cccc(CC)c1NC(=O)CSc1nnc(-c2ccccc2Cl)n1CC. The lowest BCUT2D eigenvalue weighted by atomic mass is 10.0. The predicted octanol–water partition coefficient (Wildman–Crippen LogP) is 5.47. The lowest BCUT2D eigenvalue weighted by molar-refractivity contribution is -0.113. The number of aryl methyl sites for hydroxylation is 2. The van der Waals surface area contributed by atoms with Gasteiger partial charge in [0, 0.05) is 17.8 Å². The molecular formula is C22H25ClN4OS. The Kier molecular flexibility index (Phi) is 7.34. The second kappa shape index (κ2) is 9.94. The summed E-state index contributed by atoms with van der Waals surface area (Å²) in [6.07, 6.45) is 1.75. The van der Waals surface area contributed by atoms with Crippen molar-refractivity contribution in [2.24, 2.45) is 0 Å². The molecule has 5 nitrogen and oxygen atoms in total. The predicted molar refractivity (Wildman–Crippen MR) is 121 cm³/mol. The van der Waals surface area contributed by atoms with E-state index in [9.17, 15) is 4.79 Å². The van der Waals surface area contributed by atoms with Crippen molar-refractivity contribution in [3.8, 4) is 11.4 Å². The number of amides is 1. The van der Waals surface area contributed by atoms with Gasteiger partial charge in [-0.25, -0.2) is 0 Å². The highest BCUT2D eigenvalue weighted by Crippen LogP contribution is 2.29. The fourth-order valence-corrected chi connectivity index (χ4v) is 4.25. The monoisotopic (exact) mass is 428 g/mol. The minimum Gasteiger partial charge on any atom is -0.325 e. The number of anilines is 1. The highest BCUT2D eigenvalue weighted by atomic mass is 35.5. The standard InChI is InChI=1S/C22H25ClN4OS/c1-4-15-10-9-11-16(5-2)20(15)24-19(28)14-29-22-26-25-21(27(22)6-3)17-12-7-8-13-18(17)23/h7-13H,4-6,14H2,1-3H3,(H,24,28). The van der Waals surface area contributed by atoms with E-state index in [1.165, 1.54) is 11.8 Å². The van der Waals surface area contributed by atoms with Gasteiger partial charge in [-0.2, -0.15) is 0 Å². The zero-order valence-corrected chi connectivity index (χ0v) is 18.5. The summed E-state index contributed by atoms with van der Waals surface area (Å²) in [6.45, 7) is 6.91. The average molecular weight is 429 g/mol. The molecule has 0 unspecified atom stereocenters. The molecule has 0 bridgehead atoms. The fraction of sp³-hybridized carbons (Fsp3) is 0.318. The lowest BCUT2D eigenvalue weighted by Gasteiger charge is -2.14. The molecule has 0 fully saturated rings. The summed E-state index contributed by atoms with van der Waals surface area (Å²) in [5.74, 6) is 0.933. The highest BCUT2D eigenvalue weighted by molar-refractivity contribution is 7.99. The van der Waals surface area contributed by atoms with E-state index in [1.54, 1.807) is 0 Å². The van der Waals surface area contributed by atoms with Gasteiger partial charge in [0.2, 0.25) is 5.91 Å². The molecular weight excluding hydrogens is 404 g/mol. The number of nitrogens with zero attached hydrogens (tertiary/aromatic N) is 3. The maximum Gasteiger partial charge on any atom is 0.234 e. The minimum atomic E-state index is -0.0458. The highest BCUT2D eigenvalue weighted by Gasteiger charge is 2.17. The Bertz CT molecular complexity index is 980. The molecule has 3 rings (SSSR count). The molecule has 1 heterocycles. The number of carbonyl (C=O) groups excluding carboxylic acids is 1. The van der Waals surface area contributed by atoms with E-state index >= 15 is 0 Å². The minimum absolute atomic E-state index is 0.0458. The summed E-state index contributed by atoms with van der Waals surface area (Å²) >= 11 is 7.70. The fourth-order valence-electron chi connectivity index (χ4n) is 3.23. The molecule has 0 aliphatic rings. The summed E-state index contributed by atoms with van der Waals surface area (Å²) in [5, 5.41) is 13.0. The average Bonchev–Trinajstić information content (AvgIpc) is 3.15. The quantitative estimate of drug-likeness (QED) is 0.483. The van der Waals surface area contributed by atoms with Crippen LogP contribution in [0.4, 0.5) is 5.69 Å². The maximum absolute atomic E-state index is 12.6. The molecule has 1 N–H and O–H groups in total. The molecule has 2 aromatic carbocycles. The van der Waals surface area contributed by atoms with Gasteiger partial charge in [-0.3, -0.25) is 4.79 Å². The van der Waals surface area contributed by atoms with Crippen molar-refractivity contribution in [1.29, 1.82) is 0 Å². The molecule has 0 saturated heterocycles. The number of halogens is 1. The molecule has 0 aliphatic heterocycles. The van der Waals surface area contributed by atoms with Crippen LogP contribution < -0.4 is 5.32 Å². The molecule has 1 amide bonds. The molecule has 0 radical (unpaired) electrons. The number of benzene rings is 2. The lowest BCUT2D eigenvalue weighted by Crippen LogP contribution is -2.17. The first-order chi connectivity index (χ1) is 14.1. The van der Waals surface area contributed by atoms with E-state index in [0.29, 0.717) is 22.5 Å². The molecule has 7 heteroatoms. The van der Waals surface area contributed by atoms with Gasteiger partial charge in [-0.15, -0.1) is 10.2 Å². The molecule has 0 atom stereocenters. The summed E-state index contributed by atoms with van der Waals surface area (Å²) in [7, 11) is 0. The van der Waals surface area contributed by atoms with E-state index in [4.69, 9.17) is 11.6 Å². The van der Waals surface area contributed by atoms with Gasteiger partial charge < -0.3 is 9.88 Å². The second-order valence-electron chi connectivity index (χ2n) is 6.53. The van der Waals surface area contributed by atoms with Crippen molar-refractivity contribution in [2.75, 3.05) is 11.1 Å². The third kappa shape index (κ3) is 4.82. The first-order valence-electron chi connectivity index (χ1n) is 9.80. The van der Waals surface area contributed by atoms with Gasteiger partial charge in [0.05, 0.1) is 10.8 Å². The third-order valence-corrected chi connectivity index (χ3v) is 6.04. The van der Waals surface area contributed by atoms with Gasteiger partial charge in [0.1, 0.15) is 0 Å². The van der Waals surface area contributed by atoms with Crippen LogP contribution in [-0.4, -0.2) is 26.4 Å². The summed E-state index contributed by atoms with van der Waals surface area (Å²) < 4.78 is 1.98. The van der Waals surface area contributed by atoms with Gasteiger partial charge in [-0.05, 0) is 43.0 Å². The number of thioether (sulfide) groups is 1. The van der Waals surface area contributed by atoms with Gasteiger partial charge in [0.15, 0.2) is 11.0 Å². The summed E-state index contributed by atoms with van der Waals surface area (Å²) in [4.78, 5) is 12.6. The largest absolute Gasteiger partial charge is 0.325 e. The Morgan fingerprint density at radius 1 is 1.03 bits per heavy atom. The smallest absolute Gasteiger partial charge is 0.234 e. The summed E-state index contributed by atoms with van der Waals surface area (Å²) in [6, 6.07) is 13.7. The van der Waals surface area contributed by atoms with Crippen LogP contribution in [0.2, 0.25) is 5.02 Å². The second-order valence-corrected chi connectivity index (χ2v) is 7.88. The van der Waals surface area contributed by atoms with E-state index in [0.717, 1.165) is 35.2 Å². The van der Waals surface area contributed by atoms with Crippen LogP contribution >= 0.6 is 23.4 Å². The third-order valence-electron chi connectivity index (χ3n) is 4.74. The van der Waals surface area contributed by atoms with Crippen LogP contribution in [-0.2, 0) is 24.2 Å². The first kappa shape index (κ1) is 21.4. The van der Waals surface area contributed by atoms with Crippen molar-refractivity contribution in [1.82, 2.24) is 14.8 Å². The molecule has 3 aromatic rings. The zero-order valence-electron chi connectivity index (χ0n) is 16.9. The summed E-state index contributed by atoms with van der Waals surface area (Å²) in [5.41, 5.74) is 4.09. The van der Waals surface area contributed by atoms with Crippen molar-refractivity contribution in [3.63, 3.8) is 0 Å². The molecule has 0 aliphatic carbocycles. The topological polar surface area (TPSA) is 59.8 Å². The van der Waals surface area contributed by atoms with Crippen LogP contribution in [0.25, 0.3) is 11.4 Å². The Balaban J connectivity index is 1.74. The van der Waals surface area contributed by atoms with E-state index in [2.05, 4.69) is 41.5 Å². The number of para-hydroxylation sites is 1. The molecule has 0 saturated carbocycles. The van der Waals surface area contributed by atoms with Crippen LogP contribution in [0.1, 0.15) is 31.9 Å². The van der Waals surface area contributed by atoms with E-state index in [-0.39, 0.29) is 11.7 Å². The Labute approximate surface area is 180 Å². The Hall–Kier alpha value is -2.31. The van der Waals surface area contributed by atoms with Crippen molar-refractivity contribution >= 4 is 35.0 Å². The number of hydrogen-bond acceptors (Lipinski definition) is 4. The molecule has 0 spiro atoms. The maximum atomic E-state index is 12.6. The zero-order chi connectivity index (χ0) is 20.8. The number of carbonyl (C=O) groups is 1. The van der Waals surface area contributed by atoms with E-state index in [1.807, 2.05) is 41.8 Å². The van der Waals surface area contributed by atoms with Crippen LogP contribution in [0.3, 0.4) is 0 Å². The van der Waals surface area contributed by atoms with Gasteiger partial charge in [0.25, 0.3) is 0 Å². The van der Waals surface area contributed by atoms with E-state index < -0.39 is 0 Å².